The van der Waals surface area contributed by atoms with E-state index in [0.717, 1.165) is 11.1 Å². The Morgan fingerprint density at radius 1 is 1.04 bits per heavy atom. The first kappa shape index (κ1) is 15.0. The molecule has 2 aromatic carbocycles. The van der Waals surface area contributed by atoms with Crippen LogP contribution in [0.25, 0.3) is 11.1 Å². The highest BCUT2D eigenvalue weighted by Gasteiger charge is 2.13. The molecule has 0 unspecified atom stereocenters. The number of nitrogens with zero attached hydrogens (tertiary/aromatic N) is 1. The van der Waals surface area contributed by atoms with Crippen LogP contribution in [0.15, 0.2) is 65.2 Å². The summed E-state index contributed by atoms with van der Waals surface area (Å²) < 4.78 is 10.1. The lowest BCUT2D eigenvalue weighted by atomic mass is 10.0. The van der Waals surface area contributed by atoms with Crippen molar-refractivity contribution in [3.05, 3.63) is 77.7 Å². The number of benzene rings is 2. The van der Waals surface area contributed by atoms with Crippen LogP contribution >= 0.6 is 0 Å². The minimum atomic E-state index is -0.458. The van der Waals surface area contributed by atoms with Crippen molar-refractivity contribution >= 4 is 5.97 Å². The molecule has 3 aromatic rings. The van der Waals surface area contributed by atoms with E-state index < -0.39 is 5.97 Å². The Bertz CT molecular complexity index is 793. The molecule has 0 bridgehead atoms. The molecule has 4 nitrogen and oxygen atoms in total. The van der Waals surface area contributed by atoms with Crippen LogP contribution in [0.1, 0.15) is 28.7 Å². The van der Waals surface area contributed by atoms with Crippen molar-refractivity contribution in [2.24, 2.45) is 0 Å². The van der Waals surface area contributed by atoms with E-state index in [1.54, 1.807) is 13.0 Å². The lowest BCUT2D eigenvalue weighted by Gasteiger charge is -2.04. The summed E-state index contributed by atoms with van der Waals surface area (Å²) in [5, 5.41) is 3.76. The largest absolute Gasteiger partial charge is 0.461 e. The van der Waals surface area contributed by atoms with E-state index >= 15 is 0 Å². The molecule has 0 atom stereocenters. The minimum Gasteiger partial charge on any atom is -0.461 e. The molecule has 0 aliphatic rings. The molecule has 3 rings (SSSR count). The predicted molar refractivity (Wildman–Crippen MR) is 87.1 cm³/mol. The molecule has 0 saturated heterocycles. The number of rotatable bonds is 5. The quantitative estimate of drug-likeness (QED) is 0.666. The van der Waals surface area contributed by atoms with Gasteiger partial charge in [-0.2, -0.15) is 0 Å². The molecule has 0 N–H and O–H groups in total. The van der Waals surface area contributed by atoms with Crippen LogP contribution in [0, 0.1) is 0 Å². The third kappa shape index (κ3) is 3.66. The van der Waals surface area contributed by atoms with Gasteiger partial charge in [0.15, 0.2) is 5.69 Å². The molecule has 1 aromatic heterocycles. The zero-order chi connectivity index (χ0) is 16.1. The molecular weight excluding hydrogens is 290 g/mol. The maximum absolute atomic E-state index is 11.6. The number of esters is 1. The van der Waals surface area contributed by atoms with Crippen molar-refractivity contribution in [1.29, 1.82) is 0 Å². The molecule has 0 saturated carbocycles. The molecule has 0 fully saturated rings. The van der Waals surface area contributed by atoms with Crippen molar-refractivity contribution in [1.82, 2.24) is 5.16 Å². The van der Waals surface area contributed by atoms with Crippen LogP contribution in [0.4, 0.5) is 0 Å². The summed E-state index contributed by atoms with van der Waals surface area (Å²) >= 11 is 0. The number of hydrogen-bond donors (Lipinski definition) is 0. The summed E-state index contributed by atoms with van der Waals surface area (Å²) in [5.74, 6) is 0.179. The van der Waals surface area contributed by atoms with Crippen LogP contribution in [-0.4, -0.2) is 17.7 Å². The number of aromatic nitrogens is 1. The Kier molecular flexibility index (Phi) is 4.52. The number of ether oxygens (including phenoxy) is 1. The van der Waals surface area contributed by atoms with Crippen molar-refractivity contribution < 1.29 is 14.1 Å². The van der Waals surface area contributed by atoms with Crippen LogP contribution in [-0.2, 0) is 11.2 Å². The highest BCUT2D eigenvalue weighted by Crippen LogP contribution is 2.21. The van der Waals surface area contributed by atoms with Gasteiger partial charge in [0.1, 0.15) is 5.76 Å². The molecule has 0 aliphatic heterocycles. The number of hydrogen-bond acceptors (Lipinski definition) is 4. The van der Waals surface area contributed by atoms with E-state index in [4.69, 9.17) is 9.26 Å². The van der Waals surface area contributed by atoms with Gasteiger partial charge < -0.3 is 9.26 Å². The molecular formula is C19H17NO3. The van der Waals surface area contributed by atoms with Crippen molar-refractivity contribution in [2.75, 3.05) is 6.61 Å². The van der Waals surface area contributed by atoms with Gasteiger partial charge in [-0.25, -0.2) is 4.79 Å². The Labute approximate surface area is 134 Å². The van der Waals surface area contributed by atoms with Gasteiger partial charge in [0.05, 0.1) is 6.61 Å². The van der Waals surface area contributed by atoms with Gasteiger partial charge in [-0.05, 0) is 23.6 Å². The fourth-order valence-corrected chi connectivity index (χ4v) is 2.39. The van der Waals surface area contributed by atoms with Crippen molar-refractivity contribution in [3.8, 4) is 11.1 Å². The zero-order valence-corrected chi connectivity index (χ0v) is 12.9. The Morgan fingerprint density at radius 2 is 1.83 bits per heavy atom. The minimum absolute atomic E-state index is 0.209. The number of carbonyl (C=O) groups excluding carboxylic acids is 1. The van der Waals surface area contributed by atoms with E-state index in [1.807, 2.05) is 30.3 Å². The Hall–Kier alpha value is -2.88. The van der Waals surface area contributed by atoms with E-state index in [-0.39, 0.29) is 5.69 Å². The third-order valence-electron chi connectivity index (χ3n) is 3.46. The van der Waals surface area contributed by atoms with Gasteiger partial charge in [-0.1, -0.05) is 59.8 Å². The van der Waals surface area contributed by atoms with E-state index in [2.05, 4.69) is 29.4 Å². The maximum atomic E-state index is 11.6. The Balaban J connectivity index is 1.77. The molecule has 4 heteroatoms. The molecule has 1 heterocycles. The first-order chi connectivity index (χ1) is 11.3. The van der Waals surface area contributed by atoms with Gasteiger partial charge in [-0.15, -0.1) is 0 Å². The second-order valence-electron chi connectivity index (χ2n) is 5.14. The summed E-state index contributed by atoms with van der Waals surface area (Å²) in [5.41, 5.74) is 3.62. The lowest BCUT2D eigenvalue weighted by Crippen LogP contribution is -2.04. The molecule has 0 spiro atoms. The topological polar surface area (TPSA) is 52.3 Å². The lowest BCUT2D eigenvalue weighted by molar-refractivity contribution is 0.0514. The summed E-state index contributed by atoms with van der Waals surface area (Å²) in [4.78, 5) is 11.6. The van der Waals surface area contributed by atoms with Crippen LogP contribution < -0.4 is 0 Å². The fraction of sp³-hybridized carbons (Fsp3) is 0.158. The van der Waals surface area contributed by atoms with Gasteiger partial charge in [0.25, 0.3) is 0 Å². The fourth-order valence-electron chi connectivity index (χ4n) is 2.39. The smallest absolute Gasteiger partial charge is 0.360 e. The summed E-state index contributed by atoms with van der Waals surface area (Å²) in [6, 6.07) is 20.0. The predicted octanol–water partition coefficient (Wildman–Crippen LogP) is 4.11. The number of carbonyl (C=O) groups is 1. The SMILES string of the molecule is CCOC(=O)c1cc(Cc2cccc(-c3ccccc3)c2)on1. The average Bonchev–Trinajstić information content (AvgIpc) is 3.05. The van der Waals surface area contributed by atoms with Crippen LogP contribution in [0.5, 0.6) is 0 Å². The standard InChI is InChI=1S/C19H17NO3/c1-2-22-19(21)18-13-17(23-20-18)12-14-7-6-10-16(11-14)15-8-4-3-5-9-15/h3-11,13H,2,12H2,1H3. The highest BCUT2D eigenvalue weighted by molar-refractivity contribution is 5.87. The summed E-state index contributed by atoms with van der Waals surface area (Å²) in [6.07, 6.45) is 0.576. The zero-order valence-electron chi connectivity index (χ0n) is 12.9. The maximum Gasteiger partial charge on any atom is 0.360 e. The second-order valence-corrected chi connectivity index (χ2v) is 5.14. The molecule has 23 heavy (non-hydrogen) atoms. The van der Waals surface area contributed by atoms with Crippen molar-refractivity contribution in [2.45, 2.75) is 13.3 Å². The van der Waals surface area contributed by atoms with Gasteiger partial charge in [0.2, 0.25) is 0 Å². The second kappa shape index (κ2) is 6.92. The first-order valence-electron chi connectivity index (χ1n) is 7.53. The van der Waals surface area contributed by atoms with Crippen molar-refractivity contribution in [3.63, 3.8) is 0 Å². The van der Waals surface area contributed by atoms with Gasteiger partial charge in [0, 0.05) is 12.5 Å². The normalized spacial score (nSPS) is 10.5. The van der Waals surface area contributed by atoms with Crippen LogP contribution in [0.2, 0.25) is 0 Å². The Morgan fingerprint density at radius 3 is 2.61 bits per heavy atom. The van der Waals surface area contributed by atoms with E-state index in [1.165, 1.54) is 5.56 Å². The highest BCUT2D eigenvalue weighted by atomic mass is 16.5. The van der Waals surface area contributed by atoms with E-state index in [0.29, 0.717) is 18.8 Å². The van der Waals surface area contributed by atoms with E-state index in [9.17, 15) is 4.79 Å². The molecule has 0 radical (unpaired) electrons. The average molecular weight is 307 g/mol. The van der Waals surface area contributed by atoms with Gasteiger partial charge in [-0.3, -0.25) is 0 Å². The van der Waals surface area contributed by atoms with Gasteiger partial charge >= 0.3 is 5.97 Å². The molecule has 0 aliphatic carbocycles. The third-order valence-corrected chi connectivity index (χ3v) is 3.46. The van der Waals surface area contributed by atoms with Crippen LogP contribution in [0.3, 0.4) is 0 Å². The molecule has 0 amide bonds. The summed E-state index contributed by atoms with van der Waals surface area (Å²) in [6.45, 7) is 2.08. The first-order valence-corrected chi connectivity index (χ1v) is 7.53. The summed E-state index contributed by atoms with van der Waals surface area (Å²) in [7, 11) is 0. The molecule has 116 valence electrons. The monoisotopic (exact) mass is 307 g/mol.